The molecule has 0 N–H and O–H groups in total. The van der Waals surface area contributed by atoms with E-state index in [1.54, 1.807) is 12.3 Å². The van der Waals surface area contributed by atoms with E-state index >= 15 is 0 Å². The fraction of sp³-hybridized carbons (Fsp3) is 0.750. The van der Waals surface area contributed by atoms with Gasteiger partial charge in [0.2, 0.25) is 0 Å². The van der Waals surface area contributed by atoms with E-state index in [0.29, 0.717) is 5.92 Å². The lowest BCUT2D eigenvalue weighted by molar-refractivity contribution is -0.125. The number of carbonyl (C=O) groups excluding carboxylic acids is 1. The molecule has 1 aliphatic carbocycles. The van der Waals surface area contributed by atoms with Gasteiger partial charge in [-0.25, -0.2) is 0 Å². The molecule has 2 aliphatic rings. The van der Waals surface area contributed by atoms with Crippen molar-refractivity contribution < 1.29 is 9.53 Å². The molecule has 0 bridgehead atoms. The van der Waals surface area contributed by atoms with Crippen molar-refractivity contribution in [2.75, 3.05) is 0 Å². The Morgan fingerprint density at radius 3 is 2.71 bits per heavy atom. The van der Waals surface area contributed by atoms with Crippen LogP contribution in [0.3, 0.4) is 0 Å². The molecule has 14 heavy (non-hydrogen) atoms. The largest absolute Gasteiger partial charge is 0.497 e. The first-order chi connectivity index (χ1) is 6.79. The van der Waals surface area contributed by atoms with Crippen molar-refractivity contribution in [2.45, 2.75) is 45.1 Å². The van der Waals surface area contributed by atoms with E-state index in [2.05, 4.69) is 0 Å². The summed E-state index contributed by atoms with van der Waals surface area (Å²) in [5.74, 6) is 0.891. The van der Waals surface area contributed by atoms with E-state index in [0.717, 1.165) is 0 Å². The lowest BCUT2D eigenvalue weighted by atomic mass is 9.79. The topological polar surface area (TPSA) is 26.3 Å². The van der Waals surface area contributed by atoms with Crippen LogP contribution in [-0.4, -0.2) is 11.9 Å². The van der Waals surface area contributed by atoms with Crippen LogP contribution < -0.4 is 0 Å². The average molecular weight is 194 g/mol. The van der Waals surface area contributed by atoms with E-state index in [-0.39, 0.29) is 17.8 Å². The minimum atomic E-state index is 0.0584. The van der Waals surface area contributed by atoms with E-state index < -0.39 is 0 Å². The smallest absolute Gasteiger partial charge is 0.165 e. The van der Waals surface area contributed by atoms with Crippen molar-refractivity contribution in [3.63, 3.8) is 0 Å². The highest BCUT2D eigenvalue weighted by Crippen LogP contribution is 2.33. The van der Waals surface area contributed by atoms with Gasteiger partial charge in [0.25, 0.3) is 0 Å². The zero-order chi connectivity index (χ0) is 9.97. The fourth-order valence-electron chi connectivity index (χ4n) is 2.61. The number of ketones is 1. The highest BCUT2D eigenvalue weighted by atomic mass is 16.5. The van der Waals surface area contributed by atoms with Gasteiger partial charge < -0.3 is 4.74 Å². The summed E-state index contributed by atoms with van der Waals surface area (Å²) in [7, 11) is 0. The van der Waals surface area contributed by atoms with Crippen LogP contribution in [-0.2, 0) is 9.53 Å². The number of hydrogen-bond donors (Lipinski definition) is 0. The summed E-state index contributed by atoms with van der Waals surface area (Å²) in [5.41, 5.74) is 0. The highest BCUT2D eigenvalue weighted by Gasteiger charge is 2.33. The molecule has 0 unspecified atom stereocenters. The first-order valence-corrected chi connectivity index (χ1v) is 5.65. The van der Waals surface area contributed by atoms with E-state index in [1.165, 1.54) is 32.1 Å². The van der Waals surface area contributed by atoms with Crippen molar-refractivity contribution >= 4 is 5.78 Å². The van der Waals surface area contributed by atoms with Crippen molar-refractivity contribution in [1.82, 2.24) is 0 Å². The number of hydrogen-bond acceptors (Lipinski definition) is 2. The molecule has 0 spiro atoms. The molecular weight excluding hydrogens is 176 g/mol. The second kappa shape index (κ2) is 4.16. The molecule has 0 aromatic carbocycles. The van der Waals surface area contributed by atoms with Crippen LogP contribution in [0.1, 0.15) is 39.0 Å². The van der Waals surface area contributed by atoms with Gasteiger partial charge in [0.15, 0.2) is 5.78 Å². The molecule has 0 radical (unpaired) electrons. The zero-order valence-electron chi connectivity index (χ0n) is 8.74. The summed E-state index contributed by atoms with van der Waals surface area (Å²) < 4.78 is 5.60. The molecule has 0 aromatic rings. The molecule has 1 saturated carbocycles. The SMILES string of the molecule is C[C@@H]1C(=O)C=CO[C@@H]1C1CCCCC1. The lowest BCUT2D eigenvalue weighted by Crippen LogP contribution is -2.36. The maximum absolute atomic E-state index is 11.5. The third-order valence-corrected chi connectivity index (χ3v) is 3.52. The number of rotatable bonds is 1. The number of ether oxygens (including phenoxy) is 1. The quantitative estimate of drug-likeness (QED) is 0.641. The molecule has 1 heterocycles. The minimum Gasteiger partial charge on any atom is -0.497 e. The van der Waals surface area contributed by atoms with Gasteiger partial charge in [-0.2, -0.15) is 0 Å². The second-order valence-electron chi connectivity index (χ2n) is 4.49. The van der Waals surface area contributed by atoms with Crippen molar-refractivity contribution in [3.8, 4) is 0 Å². The summed E-state index contributed by atoms with van der Waals surface area (Å²) >= 11 is 0. The van der Waals surface area contributed by atoms with Gasteiger partial charge in [0, 0.05) is 6.08 Å². The number of carbonyl (C=O) groups is 1. The van der Waals surface area contributed by atoms with Crippen molar-refractivity contribution in [2.24, 2.45) is 11.8 Å². The summed E-state index contributed by atoms with van der Waals surface area (Å²) in [6.45, 7) is 1.99. The lowest BCUT2D eigenvalue weighted by Gasteiger charge is -2.34. The molecule has 1 aliphatic heterocycles. The van der Waals surface area contributed by atoms with Crippen molar-refractivity contribution in [1.29, 1.82) is 0 Å². The average Bonchev–Trinajstić information content (AvgIpc) is 2.23. The Labute approximate surface area is 85.3 Å². The van der Waals surface area contributed by atoms with E-state index in [1.807, 2.05) is 6.92 Å². The van der Waals surface area contributed by atoms with Crippen LogP contribution in [0.25, 0.3) is 0 Å². The van der Waals surface area contributed by atoms with Crippen molar-refractivity contribution in [3.05, 3.63) is 12.3 Å². The molecular formula is C12H18O2. The maximum atomic E-state index is 11.5. The Bertz CT molecular complexity index is 239. The number of allylic oxidation sites excluding steroid dienone is 1. The summed E-state index contributed by atoms with van der Waals surface area (Å²) in [4.78, 5) is 11.5. The van der Waals surface area contributed by atoms with E-state index in [9.17, 15) is 4.79 Å². The van der Waals surface area contributed by atoms with Crippen LogP contribution in [0.4, 0.5) is 0 Å². The molecule has 2 rings (SSSR count). The first-order valence-electron chi connectivity index (χ1n) is 5.65. The molecule has 0 saturated heterocycles. The normalized spacial score (nSPS) is 34.2. The van der Waals surface area contributed by atoms with Gasteiger partial charge in [0.05, 0.1) is 12.2 Å². The Hall–Kier alpha value is -0.790. The predicted molar refractivity (Wildman–Crippen MR) is 54.8 cm³/mol. The van der Waals surface area contributed by atoms with E-state index in [4.69, 9.17) is 4.74 Å². The summed E-state index contributed by atoms with van der Waals surface area (Å²) in [5, 5.41) is 0. The molecule has 0 amide bonds. The second-order valence-corrected chi connectivity index (χ2v) is 4.49. The van der Waals surface area contributed by atoms with Crippen LogP contribution in [0.2, 0.25) is 0 Å². The van der Waals surface area contributed by atoms with Crippen LogP contribution >= 0.6 is 0 Å². The van der Waals surface area contributed by atoms with Gasteiger partial charge in [-0.05, 0) is 18.8 Å². The maximum Gasteiger partial charge on any atom is 0.165 e. The van der Waals surface area contributed by atoms with Gasteiger partial charge in [0.1, 0.15) is 6.10 Å². The third kappa shape index (κ3) is 1.84. The molecule has 1 fully saturated rings. The zero-order valence-corrected chi connectivity index (χ0v) is 8.74. The Kier molecular flexibility index (Phi) is 2.90. The fourth-order valence-corrected chi connectivity index (χ4v) is 2.61. The Balaban J connectivity index is 2.02. The predicted octanol–water partition coefficient (Wildman–Crippen LogP) is 2.68. The van der Waals surface area contributed by atoms with Gasteiger partial charge >= 0.3 is 0 Å². The highest BCUT2D eigenvalue weighted by molar-refractivity contribution is 5.92. The molecule has 2 heteroatoms. The summed E-state index contributed by atoms with van der Waals surface area (Å²) in [6.07, 6.45) is 9.71. The van der Waals surface area contributed by atoms with Gasteiger partial charge in [-0.1, -0.05) is 26.2 Å². The molecule has 2 nitrogen and oxygen atoms in total. The molecule has 0 aromatic heterocycles. The molecule has 2 atom stereocenters. The van der Waals surface area contributed by atoms with Crippen LogP contribution in [0, 0.1) is 11.8 Å². The Morgan fingerprint density at radius 1 is 1.29 bits per heavy atom. The van der Waals surface area contributed by atoms with Gasteiger partial charge in [-0.3, -0.25) is 4.79 Å². The van der Waals surface area contributed by atoms with Crippen LogP contribution in [0.5, 0.6) is 0 Å². The van der Waals surface area contributed by atoms with Gasteiger partial charge in [-0.15, -0.1) is 0 Å². The first kappa shape index (κ1) is 9.75. The molecule has 78 valence electrons. The minimum absolute atomic E-state index is 0.0584. The standard InChI is InChI=1S/C12H18O2/c1-9-11(13)7-8-14-12(9)10-5-3-2-4-6-10/h7-10,12H,2-6H2,1H3/t9-,12+/m1/s1. The summed E-state index contributed by atoms with van der Waals surface area (Å²) in [6, 6.07) is 0. The van der Waals surface area contributed by atoms with Crippen LogP contribution in [0.15, 0.2) is 12.3 Å². The monoisotopic (exact) mass is 194 g/mol. The third-order valence-electron chi connectivity index (χ3n) is 3.52. The Morgan fingerprint density at radius 2 is 2.00 bits per heavy atom.